The Morgan fingerprint density at radius 1 is 1.32 bits per heavy atom. The molecule has 0 saturated heterocycles. The first-order chi connectivity index (χ1) is 8.69. The summed E-state index contributed by atoms with van der Waals surface area (Å²) in [5, 5.41) is -1.31. The Kier molecular flexibility index (Phi) is 4.41. The summed E-state index contributed by atoms with van der Waals surface area (Å²) in [6, 6.07) is 3.31. The van der Waals surface area contributed by atoms with E-state index in [1.54, 1.807) is 12.1 Å². The van der Waals surface area contributed by atoms with E-state index < -0.39 is 21.2 Å². The summed E-state index contributed by atoms with van der Waals surface area (Å²) in [6.07, 6.45) is 0. The number of esters is 1. The SMILES string of the molecule is COC(=O)C(C)S(=O)(=O)Nc1cc(C)c(C)cc1N. The van der Waals surface area contributed by atoms with Gasteiger partial charge in [-0.25, -0.2) is 8.42 Å². The maximum atomic E-state index is 12.0. The minimum absolute atomic E-state index is 0.263. The third-order valence-electron chi connectivity index (χ3n) is 2.92. The van der Waals surface area contributed by atoms with Crippen LogP contribution >= 0.6 is 0 Å². The van der Waals surface area contributed by atoms with Crippen molar-refractivity contribution < 1.29 is 17.9 Å². The van der Waals surface area contributed by atoms with E-state index in [1.807, 2.05) is 13.8 Å². The first-order valence-corrected chi connectivity index (χ1v) is 7.20. The third-order valence-corrected chi connectivity index (χ3v) is 4.54. The molecule has 0 spiro atoms. The van der Waals surface area contributed by atoms with Crippen molar-refractivity contribution in [3.63, 3.8) is 0 Å². The smallest absolute Gasteiger partial charge is 0.325 e. The lowest BCUT2D eigenvalue weighted by Gasteiger charge is -2.15. The Balaban J connectivity index is 3.09. The second-order valence-electron chi connectivity index (χ2n) is 4.34. The van der Waals surface area contributed by atoms with E-state index in [4.69, 9.17) is 5.73 Å². The fourth-order valence-electron chi connectivity index (χ4n) is 1.46. The van der Waals surface area contributed by atoms with Crippen LogP contribution in [0.15, 0.2) is 12.1 Å². The highest BCUT2D eigenvalue weighted by atomic mass is 32.2. The van der Waals surface area contributed by atoms with Gasteiger partial charge in [0.15, 0.2) is 5.25 Å². The minimum atomic E-state index is -3.88. The van der Waals surface area contributed by atoms with Crippen molar-refractivity contribution >= 4 is 27.4 Å². The third kappa shape index (κ3) is 3.37. The maximum Gasteiger partial charge on any atom is 0.325 e. The van der Waals surface area contributed by atoms with E-state index in [-0.39, 0.29) is 5.69 Å². The molecule has 0 aliphatic heterocycles. The van der Waals surface area contributed by atoms with Crippen LogP contribution in [0.25, 0.3) is 0 Å². The van der Waals surface area contributed by atoms with Crippen molar-refractivity contribution in [1.82, 2.24) is 0 Å². The molecule has 0 aliphatic carbocycles. The summed E-state index contributed by atoms with van der Waals surface area (Å²) in [7, 11) is -2.74. The Morgan fingerprint density at radius 3 is 2.37 bits per heavy atom. The van der Waals surface area contributed by atoms with Gasteiger partial charge in [0.1, 0.15) is 0 Å². The van der Waals surface area contributed by atoms with Crippen LogP contribution in [-0.4, -0.2) is 26.7 Å². The summed E-state index contributed by atoms with van der Waals surface area (Å²) in [5.74, 6) is -0.824. The zero-order valence-corrected chi connectivity index (χ0v) is 12.2. The number of anilines is 2. The highest BCUT2D eigenvalue weighted by Crippen LogP contribution is 2.24. The van der Waals surface area contributed by atoms with E-state index in [9.17, 15) is 13.2 Å². The largest absolute Gasteiger partial charge is 0.468 e. The van der Waals surface area contributed by atoms with Gasteiger partial charge >= 0.3 is 5.97 Å². The molecule has 0 radical (unpaired) electrons. The molecule has 7 heteroatoms. The van der Waals surface area contributed by atoms with Crippen LogP contribution in [0.1, 0.15) is 18.1 Å². The second-order valence-corrected chi connectivity index (χ2v) is 6.34. The van der Waals surface area contributed by atoms with Gasteiger partial charge in [-0.05, 0) is 44.0 Å². The molecule has 0 fully saturated rings. The molecule has 0 aromatic heterocycles. The number of benzene rings is 1. The molecular formula is C12H18N2O4S. The molecule has 106 valence electrons. The van der Waals surface area contributed by atoms with Gasteiger partial charge in [-0.2, -0.15) is 0 Å². The van der Waals surface area contributed by atoms with Crippen LogP contribution in [0.3, 0.4) is 0 Å². The molecule has 3 N–H and O–H groups in total. The molecule has 0 aliphatic rings. The van der Waals surface area contributed by atoms with Gasteiger partial charge in [-0.3, -0.25) is 9.52 Å². The molecule has 0 heterocycles. The van der Waals surface area contributed by atoms with Crippen LogP contribution in [0.2, 0.25) is 0 Å². The number of rotatable bonds is 4. The number of nitrogens with one attached hydrogen (secondary N) is 1. The van der Waals surface area contributed by atoms with Gasteiger partial charge in [0.05, 0.1) is 18.5 Å². The first-order valence-electron chi connectivity index (χ1n) is 5.65. The van der Waals surface area contributed by atoms with Crippen LogP contribution < -0.4 is 10.5 Å². The number of hydrogen-bond donors (Lipinski definition) is 2. The topological polar surface area (TPSA) is 98.5 Å². The van der Waals surface area contributed by atoms with E-state index in [1.165, 1.54) is 6.92 Å². The van der Waals surface area contributed by atoms with Crippen molar-refractivity contribution in [3.8, 4) is 0 Å². The fourth-order valence-corrected chi connectivity index (χ4v) is 2.47. The Morgan fingerprint density at radius 2 is 1.84 bits per heavy atom. The molecule has 0 saturated carbocycles. The van der Waals surface area contributed by atoms with Crippen molar-refractivity contribution in [2.75, 3.05) is 17.6 Å². The summed E-state index contributed by atoms with van der Waals surface area (Å²) in [6.45, 7) is 4.97. The van der Waals surface area contributed by atoms with Gasteiger partial charge in [-0.1, -0.05) is 0 Å². The molecule has 0 amide bonds. The predicted molar refractivity (Wildman–Crippen MR) is 74.3 cm³/mol. The highest BCUT2D eigenvalue weighted by Gasteiger charge is 2.29. The van der Waals surface area contributed by atoms with Crippen molar-refractivity contribution in [1.29, 1.82) is 0 Å². The highest BCUT2D eigenvalue weighted by molar-refractivity contribution is 7.94. The summed E-state index contributed by atoms with van der Waals surface area (Å²) in [4.78, 5) is 11.3. The molecule has 19 heavy (non-hydrogen) atoms. The summed E-state index contributed by atoms with van der Waals surface area (Å²) in [5.41, 5.74) is 8.20. The lowest BCUT2D eigenvalue weighted by molar-refractivity contribution is -0.139. The number of carbonyl (C=O) groups is 1. The molecule has 1 atom stereocenters. The van der Waals surface area contributed by atoms with Gasteiger partial charge in [-0.15, -0.1) is 0 Å². The monoisotopic (exact) mass is 286 g/mol. The van der Waals surface area contributed by atoms with Crippen LogP contribution in [-0.2, 0) is 19.6 Å². The van der Waals surface area contributed by atoms with Crippen molar-refractivity contribution in [2.24, 2.45) is 0 Å². The Bertz CT molecular complexity index is 596. The number of ether oxygens (including phenoxy) is 1. The van der Waals surface area contributed by atoms with E-state index >= 15 is 0 Å². The number of nitrogens with two attached hydrogens (primary N) is 1. The average molecular weight is 286 g/mol. The molecule has 0 bridgehead atoms. The lowest BCUT2D eigenvalue weighted by atomic mass is 10.1. The lowest BCUT2D eigenvalue weighted by Crippen LogP contribution is -2.33. The Labute approximate surface area is 113 Å². The predicted octanol–water partition coefficient (Wildman–Crippen LogP) is 1.19. The van der Waals surface area contributed by atoms with E-state index in [0.717, 1.165) is 18.2 Å². The molecule has 1 aromatic carbocycles. The molecule has 1 rings (SSSR count). The quantitative estimate of drug-likeness (QED) is 0.640. The van der Waals surface area contributed by atoms with Gasteiger partial charge in [0, 0.05) is 0 Å². The summed E-state index contributed by atoms with van der Waals surface area (Å²) >= 11 is 0. The van der Waals surface area contributed by atoms with Gasteiger partial charge < -0.3 is 10.5 Å². The average Bonchev–Trinajstić information content (AvgIpc) is 2.33. The van der Waals surface area contributed by atoms with Gasteiger partial charge in [0.25, 0.3) is 0 Å². The van der Waals surface area contributed by atoms with Crippen LogP contribution in [0.4, 0.5) is 11.4 Å². The number of nitrogen functional groups attached to an aromatic ring is 1. The van der Waals surface area contributed by atoms with E-state index in [2.05, 4.69) is 9.46 Å². The maximum absolute atomic E-state index is 12.0. The van der Waals surface area contributed by atoms with Crippen LogP contribution in [0.5, 0.6) is 0 Å². The second kappa shape index (κ2) is 5.48. The number of carbonyl (C=O) groups excluding carboxylic acids is 1. The van der Waals surface area contributed by atoms with E-state index in [0.29, 0.717) is 5.69 Å². The first kappa shape index (κ1) is 15.3. The normalized spacial score (nSPS) is 12.8. The Hall–Kier alpha value is -1.76. The number of sulfonamides is 1. The van der Waals surface area contributed by atoms with Crippen molar-refractivity contribution in [2.45, 2.75) is 26.0 Å². The number of hydrogen-bond acceptors (Lipinski definition) is 5. The van der Waals surface area contributed by atoms with Gasteiger partial charge in [0.2, 0.25) is 10.0 Å². The van der Waals surface area contributed by atoms with Crippen molar-refractivity contribution in [3.05, 3.63) is 23.3 Å². The zero-order valence-electron chi connectivity index (χ0n) is 11.4. The minimum Gasteiger partial charge on any atom is -0.468 e. The molecule has 6 nitrogen and oxygen atoms in total. The summed E-state index contributed by atoms with van der Waals surface area (Å²) < 4.78 is 30.7. The number of methoxy groups -OCH3 is 1. The molecular weight excluding hydrogens is 268 g/mol. The standard InChI is InChI=1S/C12H18N2O4S/c1-7-5-10(13)11(6-8(7)2)14-19(16,17)9(3)12(15)18-4/h5-6,9,14H,13H2,1-4H3. The zero-order chi connectivity index (χ0) is 14.8. The molecule has 1 unspecified atom stereocenters. The van der Waals surface area contributed by atoms with Crippen LogP contribution in [0, 0.1) is 13.8 Å². The fraction of sp³-hybridized carbons (Fsp3) is 0.417. The number of aryl methyl sites for hydroxylation is 2. The molecule has 1 aromatic rings.